The number of nitrogens with zero attached hydrogens (tertiary/aromatic N) is 6. The van der Waals surface area contributed by atoms with Crippen LogP contribution < -0.4 is 0 Å². The number of para-hydroxylation sites is 8. The molecule has 0 atom stereocenters. The van der Waals surface area contributed by atoms with Crippen molar-refractivity contribution in [2.75, 3.05) is 0 Å². The molecule has 0 aliphatic carbocycles. The molecule has 90 heavy (non-hydrogen) atoms. The normalized spacial score (nSPS) is 12.2. The fraction of sp³-hybridized carbons (Fsp3) is 0. The van der Waals surface area contributed by atoms with E-state index in [1.54, 1.807) is 0 Å². The average molecular weight is 1150 g/mol. The zero-order valence-corrected chi connectivity index (χ0v) is 48.7. The van der Waals surface area contributed by atoms with E-state index < -0.39 is 0 Å². The molecule has 0 N–H and O–H groups in total. The van der Waals surface area contributed by atoms with Crippen LogP contribution in [0, 0.1) is 0 Å². The summed E-state index contributed by atoms with van der Waals surface area (Å²) in [5.41, 5.74) is 23.2. The molecule has 6 heteroatoms. The lowest BCUT2D eigenvalue weighted by Gasteiger charge is -2.14. The summed E-state index contributed by atoms with van der Waals surface area (Å²) in [6.45, 7) is 0. The molecule has 418 valence electrons. The predicted octanol–water partition coefficient (Wildman–Crippen LogP) is 21.9. The van der Waals surface area contributed by atoms with E-state index in [-0.39, 0.29) is 0 Å². The highest BCUT2D eigenvalue weighted by Crippen LogP contribution is 2.48. The molecule has 0 aliphatic rings. The summed E-state index contributed by atoms with van der Waals surface area (Å²) in [6, 6.07) is 117. The highest BCUT2D eigenvalue weighted by atomic mass is 15.0. The summed E-state index contributed by atoms with van der Waals surface area (Å²) in [6.07, 6.45) is 0. The number of fused-ring (bicyclic) bond motifs is 20. The first-order valence-corrected chi connectivity index (χ1v) is 31.0. The van der Waals surface area contributed by atoms with E-state index in [4.69, 9.17) is 0 Å². The van der Waals surface area contributed by atoms with Crippen molar-refractivity contribution in [1.29, 1.82) is 0 Å². The molecule has 0 spiro atoms. The topological polar surface area (TPSA) is 29.6 Å². The van der Waals surface area contributed by atoms with Gasteiger partial charge in [-0.2, -0.15) is 0 Å². The summed E-state index contributed by atoms with van der Waals surface area (Å²) in [7, 11) is 0. The van der Waals surface area contributed by atoms with E-state index in [0.717, 1.165) is 50.7 Å². The first-order chi connectivity index (χ1) is 44.7. The van der Waals surface area contributed by atoms with Crippen LogP contribution >= 0.6 is 0 Å². The van der Waals surface area contributed by atoms with Gasteiger partial charge in [0, 0.05) is 98.8 Å². The molecule has 6 aromatic heterocycles. The minimum Gasteiger partial charge on any atom is -0.309 e. The van der Waals surface area contributed by atoms with Gasteiger partial charge in [-0.25, -0.2) is 0 Å². The van der Waals surface area contributed by atoms with Crippen LogP contribution in [0.5, 0.6) is 0 Å². The molecule has 14 aromatic carbocycles. The Morgan fingerprint density at radius 2 is 0.467 bits per heavy atom. The van der Waals surface area contributed by atoms with Gasteiger partial charge in [-0.3, -0.25) is 0 Å². The van der Waals surface area contributed by atoms with Crippen molar-refractivity contribution in [3.8, 4) is 45.3 Å². The quantitative estimate of drug-likeness (QED) is 0.152. The third-order valence-corrected chi connectivity index (χ3v) is 19.3. The van der Waals surface area contributed by atoms with Gasteiger partial charge in [0.05, 0.1) is 66.2 Å². The first-order valence-electron chi connectivity index (χ1n) is 31.0. The Morgan fingerprint density at radius 3 is 1.00 bits per heavy atom. The second kappa shape index (κ2) is 18.7. The highest BCUT2D eigenvalue weighted by Gasteiger charge is 2.26. The molecule has 6 heterocycles. The Bertz CT molecular complexity index is 6350. The second-order valence-electron chi connectivity index (χ2n) is 24.0. The molecule has 20 aromatic rings. The number of benzene rings is 14. The van der Waals surface area contributed by atoms with Gasteiger partial charge >= 0.3 is 0 Å². The van der Waals surface area contributed by atoms with Gasteiger partial charge in [0.2, 0.25) is 0 Å². The van der Waals surface area contributed by atoms with Crippen LogP contribution in [0.25, 0.3) is 176 Å². The van der Waals surface area contributed by atoms with Gasteiger partial charge in [-0.15, -0.1) is 0 Å². The summed E-state index contributed by atoms with van der Waals surface area (Å²) in [5, 5.41) is 14.7. The molecule has 0 saturated heterocycles. The van der Waals surface area contributed by atoms with Gasteiger partial charge in [0.25, 0.3) is 0 Å². The molecule has 0 bridgehead atoms. The maximum Gasteiger partial charge on any atom is 0.0641 e. The SMILES string of the molecule is c1ccc(-n2c3ccccc3c3c2ccc2c4c(-c5ccc6c(c5)c5ccccc5n6-c5cccc(-n6c7ccccc7c7c6ccc6c8ccccc8n(-c8ccccc8)c67)c5)cccc4n(-c4cccc(-n5c6ccccc6c6ccccc65)c4)c23)cc1. The molecule has 0 amide bonds. The van der Waals surface area contributed by atoms with Crippen LogP contribution in [0.15, 0.2) is 315 Å². The molecule has 6 nitrogen and oxygen atoms in total. The molecule has 0 fully saturated rings. The Morgan fingerprint density at radius 1 is 0.156 bits per heavy atom. The Kier molecular flexibility index (Phi) is 10.2. The monoisotopic (exact) mass is 1140 g/mol. The van der Waals surface area contributed by atoms with Crippen LogP contribution in [0.2, 0.25) is 0 Å². The number of aromatic nitrogens is 6. The zero-order valence-electron chi connectivity index (χ0n) is 48.7. The van der Waals surface area contributed by atoms with Crippen molar-refractivity contribution < 1.29 is 0 Å². The van der Waals surface area contributed by atoms with E-state index in [2.05, 4.69) is 343 Å². The van der Waals surface area contributed by atoms with Crippen molar-refractivity contribution in [2.24, 2.45) is 0 Å². The molecule has 0 radical (unpaired) electrons. The third-order valence-electron chi connectivity index (χ3n) is 19.3. The Labute approximate surface area is 516 Å². The van der Waals surface area contributed by atoms with Crippen molar-refractivity contribution in [1.82, 2.24) is 27.4 Å². The predicted molar refractivity (Wildman–Crippen MR) is 378 cm³/mol. The minimum atomic E-state index is 1.10. The maximum absolute atomic E-state index is 2.55. The minimum absolute atomic E-state index is 1.10. The highest BCUT2D eigenvalue weighted by molar-refractivity contribution is 6.29. The number of hydrogen-bond acceptors (Lipinski definition) is 0. The smallest absolute Gasteiger partial charge is 0.0641 e. The molecule has 20 rings (SSSR count). The van der Waals surface area contributed by atoms with E-state index in [1.807, 2.05) is 0 Å². The first kappa shape index (κ1) is 49.0. The van der Waals surface area contributed by atoms with Crippen LogP contribution in [0.3, 0.4) is 0 Å². The summed E-state index contributed by atoms with van der Waals surface area (Å²) < 4.78 is 14.8. The van der Waals surface area contributed by atoms with Gasteiger partial charge in [0.1, 0.15) is 0 Å². The fourth-order valence-corrected chi connectivity index (χ4v) is 15.8. The Balaban J connectivity index is 0.801. The lowest BCUT2D eigenvalue weighted by molar-refractivity contribution is 1.13. The van der Waals surface area contributed by atoms with Gasteiger partial charge in [0.15, 0.2) is 0 Å². The van der Waals surface area contributed by atoms with Crippen molar-refractivity contribution in [3.05, 3.63) is 315 Å². The van der Waals surface area contributed by atoms with E-state index in [9.17, 15) is 0 Å². The van der Waals surface area contributed by atoms with Crippen LogP contribution in [0.1, 0.15) is 0 Å². The lowest BCUT2D eigenvalue weighted by Crippen LogP contribution is -1.99. The number of rotatable bonds is 7. The summed E-state index contributed by atoms with van der Waals surface area (Å²) >= 11 is 0. The Hall–Kier alpha value is -12.1. The summed E-state index contributed by atoms with van der Waals surface area (Å²) in [4.78, 5) is 0. The van der Waals surface area contributed by atoms with Crippen molar-refractivity contribution in [2.45, 2.75) is 0 Å². The van der Waals surface area contributed by atoms with Gasteiger partial charge in [-0.05, 0) is 139 Å². The lowest BCUT2D eigenvalue weighted by atomic mass is 9.97. The number of hydrogen-bond donors (Lipinski definition) is 0. The van der Waals surface area contributed by atoms with Crippen molar-refractivity contribution in [3.63, 3.8) is 0 Å². The van der Waals surface area contributed by atoms with Gasteiger partial charge < -0.3 is 27.4 Å². The zero-order chi connectivity index (χ0) is 58.7. The van der Waals surface area contributed by atoms with Gasteiger partial charge in [-0.1, -0.05) is 188 Å². The molecular formula is C84H52N6. The fourth-order valence-electron chi connectivity index (χ4n) is 15.8. The standard InChI is InChI=1S/C84H52N6/c1-3-22-54(23-4-1)85-74-41-17-11-34-66(74)82-78(85)49-46-68-80-60(36-21-43-77(80)90(84(68)82)59-29-20-27-57(52-59)86-70-37-13-7-30-61(70)62-31-8-14-38-71(62)86)53-44-47-76-69(50-53)64-33-10-15-39-72(64)87(76)56-26-19-28-58(51-56)88-75-42-18-12-35-67(75)81-79(88)48-45-65-63-32-9-16-40-73(63)89(83(65)81)55-24-5-2-6-25-55/h1-52H. The van der Waals surface area contributed by atoms with Crippen LogP contribution in [-0.4, -0.2) is 27.4 Å². The summed E-state index contributed by atoms with van der Waals surface area (Å²) in [5.74, 6) is 0. The third kappa shape index (κ3) is 6.76. The second-order valence-corrected chi connectivity index (χ2v) is 24.0. The van der Waals surface area contributed by atoms with E-state index in [1.165, 1.54) is 125 Å². The van der Waals surface area contributed by atoms with E-state index in [0.29, 0.717) is 0 Å². The van der Waals surface area contributed by atoms with Crippen LogP contribution in [0.4, 0.5) is 0 Å². The molecular weight excluding hydrogens is 1090 g/mol. The van der Waals surface area contributed by atoms with Crippen LogP contribution in [-0.2, 0) is 0 Å². The maximum atomic E-state index is 2.55. The van der Waals surface area contributed by atoms with E-state index >= 15 is 0 Å². The van der Waals surface area contributed by atoms with Crippen molar-refractivity contribution >= 4 is 131 Å². The molecule has 0 aliphatic heterocycles. The molecule has 0 saturated carbocycles. The largest absolute Gasteiger partial charge is 0.309 e. The average Bonchev–Trinajstić information content (AvgIpc) is 1.58. The molecule has 0 unspecified atom stereocenters.